The number of benzene rings is 1. The van der Waals surface area contributed by atoms with Crippen LogP contribution < -0.4 is 5.32 Å². The summed E-state index contributed by atoms with van der Waals surface area (Å²) in [6.45, 7) is 0.825. The lowest BCUT2D eigenvalue weighted by atomic mass is 10.3. The first kappa shape index (κ1) is 16.8. The summed E-state index contributed by atoms with van der Waals surface area (Å²) in [5, 5.41) is 4.91. The average molecular weight is 370 g/mol. The molecule has 24 heavy (non-hydrogen) atoms. The van der Waals surface area contributed by atoms with E-state index in [9.17, 15) is 17.6 Å². The lowest BCUT2D eigenvalue weighted by Gasteiger charge is -2.33. The molecule has 0 spiro atoms. The molecule has 3 rings (SSSR count). The molecule has 1 aromatic heterocycles. The van der Waals surface area contributed by atoms with Crippen molar-refractivity contribution in [3.63, 3.8) is 0 Å². The molecule has 1 aliphatic rings. The van der Waals surface area contributed by atoms with Gasteiger partial charge in [-0.15, -0.1) is 11.3 Å². The average Bonchev–Trinajstić information content (AvgIpc) is 3.08. The minimum absolute atomic E-state index is 0.0804. The zero-order valence-electron chi connectivity index (χ0n) is 12.6. The first-order valence-electron chi connectivity index (χ1n) is 7.18. The summed E-state index contributed by atoms with van der Waals surface area (Å²) in [4.78, 5) is 17.5. The molecule has 2 amide bonds. The van der Waals surface area contributed by atoms with E-state index in [2.05, 4.69) is 10.3 Å². The monoisotopic (exact) mass is 370 g/mol. The summed E-state index contributed by atoms with van der Waals surface area (Å²) >= 11 is 1.31. The molecule has 0 bridgehead atoms. The number of amides is 2. The Morgan fingerprint density at radius 1 is 1.25 bits per heavy atom. The molecule has 0 radical (unpaired) electrons. The highest BCUT2D eigenvalue weighted by molar-refractivity contribution is 7.89. The fourth-order valence-corrected chi connectivity index (χ4v) is 4.34. The summed E-state index contributed by atoms with van der Waals surface area (Å²) < 4.78 is 39.5. The van der Waals surface area contributed by atoms with Crippen molar-refractivity contribution in [3.05, 3.63) is 41.7 Å². The molecule has 128 valence electrons. The highest BCUT2D eigenvalue weighted by Gasteiger charge is 2.30. The number of sulfonamides is 1. The predicted molar refractivity (Wildman–Crippen MR) is 87.9 cm³/mol. The van der Waals surface area contributed by atoms with Gasteiger partial charge in [0.25, 0.3) is 0 Å². The first-order valence-corrected chi connectivity index (χ1v) is 9.50. The van der Waals surface area contributed by atoms with E-state index in [4.69, 9.17) is 0 Å². The van der Waals surface area contributed by atoms with Crippen LogP contribution >= 0.6 is 11.3 Å². The Morgan fingerprint density at radius 3 is 2.62 bits per heavy atom. The third-order valence-corrected chi connectivity index (χ3v) is 6.19. The van der Waals surface area contributed by atoms with Gasteiger partial charge in [0.2, 0.25) is 10.0 Å². The number of urea groups is 1. The quantitative estimate of drug-likeness (QED) is 0.893. The number of halogens is 1. The number of thiazole rings is 1. The maximum Gasteiger partial charge on any atom is 0.323 e. The van der Waals surface area contributed by atoms with Gasteiger partial charge >= 0.3 is 6.03 Å². The third kappa shape index (κ3) is 3.55. The molecule has 0 unspecified atom stereocenters. The third-order valence-electron chi connectivity index (χ3n) is 3.61. The molecule has 1 aliphatic heterocycles. The molecule has 10 heteroatoms. The van der Waals surface area contributed by atoms with Crippen molar-refractivity contribution in [1.82, 2.24) is 14.2 Å². The molecule has 0 aliphatic carbocycles. The van der Waals surface area contributed by atoms with Gasteiger partial charge in [-0.1, -0.05) is 6.07 Å². The van der Waals surface area contributed by atoms with Crippen molar-refractivity contribution in [2.45, 2.75) is 4.90 Å². The number of carbonyl (C=O) groups is 1. The van der Waals surface area contributed by atoms with Crippen molar-refractivity contribution in [2.75, 3.05) is 31.5 Å². The van der Waals surface area contributed by atoms with Crippen molar-refractivity contribution in [3.8, 4) is 0 Å². The molecular weight excluding hydrogens is 355 g/mol. The Labute approximate surface area is 142 Å². The summed E-state index contributed by atoms with van der Waals surface area (Å²) in [6, 6.07) is 4.60. The smallest absolute Gasteiger partial charge is 0.322 e. The number of hydrogen-bond acceptors (Lipinski definition) is 5. The lowest BCUT2D eigenvalue weighted by molar-refractivity contribution is 0.184. The zero-order valence-corrected chi connectivity index (χ0v) is 14.2. The number of nitrogens with zero attached hydrogens (tertiary/aromatic N) is 3. The van der Waals surface area contributed by atoms with Crippen LogP contribution in [0.15, 0.2) is 40.7 Å². The fraction of sp³-hybridized carbons (Fsp3) is 0.286. The summed E-state index contributed by atoms with van der Waals surface area (Å²) in [6.07, 6.45) is 1.59. The summed E-state index contributed by atoms with van der Waals surface area (Å²) in [5.41, 5.74) is 0. The van der Waals surface area contributed by atoms with E-state index in [-0.39, 0.29) is 37.1 Å². The zero-order chi connectivity index (χ0) is 17.2. The van der Waals surface area contributed by atoms with Crippen molar-refractivity contribution in [2.24, 2.45) is 0 Å². The van der Waals surface area contributed by atoms with Crippen LogP contribution in [-0.4, -0.2) is 54.8 Å². The highest BCUT2D eigenvalue weighted by Crippen LogP contribution is 2.19. The molecule has 0 saturated carbocycles. The SMILES string of the molecule is O=C(Nc1nccs1)N1CCN(S(=O)(=O)c2cccc(F)c2)CC1. The maximum absolute atomic E-state index is 13.3. The normalized spacial score (nSPS) is 16.1. The molecule has 2 heterocycles. The fourth-order valence-electron chi connectivity index (χ4n) is 2.36. The standard InChI is InChI=1S/C14H15FN4O3S2/c15-11-2-1-3-12(10-11)24(21,22)19-7-5-18(6-8-19)14(20)17-13-16-4-9-23-13/h1-4,9-10H,5-8H2,(H,16,17,20). The molecule has 1 saturated heterocycles. The number of nitrogens with one attached hydrogen (secondary N) is 1. The van der Waals surface area contributed by atoms with Gasteiger partial charge in [0.1, 0.15) is 5.82 Å². The Morgan fingerprint density at radius 2 is 2.00 bits per heavy atom. The van der Waals surface area contributed by atoms with Crippen LogP contribution in [0, 0.1) is 5.82 Å². The van der Waals surface area contributed by atoms with E-state index in [1.807, 2.05) is 0 Å². The number of rotatable bonds is 3. The summed E-state index contributed by atoms with van der Waals surface area (Å²) in [7, 11) is -3.76. The van der Waals surface area contributed by atoms with Gasteiger partial charge < -0.3 is 4.90 Å². The van der Waals surface area contributed by atoms with Crippen LogP contribution in [0.2, 0.25) is 0 Å². The minimum Gasteiger partial charge on any atom is -0.322 e. The molecule has 2 aromatic rings. The number of anilines is 1. The van der Waals surface area contributed by atoms with E-state index >= 15 is 0 Å². The van der Waals surface area contributed by atoms with Gasteiger partial charge in [-0.3, -0.25) is 5.32 Å². The minimum atomic E-state index is -3.76. The van der Waals surface area contributed by atoms with Gasteiger partial charge in [0.15, 0.2) is 5.13 Å². The second kappa shape index (κ2) is 6.83. The van der Waals surface area contributed by atoms with Gasteiger partial charge in [-0.2, -0.15) is 4.31 Å². The number of aromatic nitrogens is 1. The summed E-state index contributed by atoms with van der Waals surface area (Å²) in [5.74, 6) is -0.600. The van der Waals surface area contributed by atoms with Crippen molar-refractivity contribution < 1.29 is 17.6 Å². The molecule has 7 nitrogen and oxygen atoms in total. The largest absolute Gasteiger partial charge is 0.323 e. The molecular formula is C14H15FN4O3S2. The molecule has 1 fully saturated rings. The van der Waals surface area contributed by atoms with Crippen LogP contribution in [0.25, 0.3) is 0 Å². The van der Waals surface area contributed by atoms with Crippen molar-refractivity contribution >= 4 is 32.5 Å². The van der Waals surface area contributed by atoms with E-state index in [0.717, 1.165) is 6.07 Å². The van der Waals surface area contributed by atoms with Gasteiger partial charge in [0, 0.05) is 37.8 Å². The molecule has 1 aromatic carbocycles. The van der Waals surface area contributed by atoms with Crippen LogP contribution in [0.4, 0.5) is 14.3 Å². The molecule has 1 N–H and O–H groups in total. The van der Waals surface area contributed by atoms with E-state index in [1.54, 1.807) is 11.6 Å². The second-order valence-electron chi connectivity index (χ2n) is 5.12. The van der Waals surface area contributed by atoms with Gasteiger partial charge in [0.05, 0.1) is 4.90 Å². The molecule has 0 atom stereocenters. The predicted octanol–water partition coefficient (Wildman–Crippen LogP) is 1.82. The second-order valence-corrected chi connectivity index (χ2v) is 7.95. The van der Waals surface area contributed by atoms with Crippen LogP contribution in [-0.2, 0) is 10.0 Å². The number of piperazine rings is 1. The van der Waals surface area contributed by atoms with Crippen LogP contribution in [0.5, 0.6) is 0 Å². The van der Waals surface area contributed by atoms with E-state index in [0.29, 0.717) is 5.13 Å². The van der Waals surface area contributed by atoms with Crippen LogP contribution in [0.1, 0.15) is 0 Å². The number of carbonyl (C=O) groups excluding carboxylic acids is 1. The number of hydrogen-bond donors (Lipinski definition) is 1. The Balaban J connectivity index is 1.63. The van der Waals surface area contributed by atoms with E-state index in [1.165, 1.54) is 38.7 Å². The van der Waals surface area contributed by atoms with Crippen molar-refractivity contribution in [1.29, 1.82) is 0 Å². The van der Waals surface area contributed by atoms with Crippen LogP contribution in [0.3, 0.4) is 0 Å². The first-order chi connectivity index (χ1) is 11.5. The highest BCUT2D eigenvalue weighted by atomic mass is 32.2. The van der Waals surface area contributed by atoms with Gasteiger partial charge in [-0.05, 0) is 18.2 Å². The topological polar surface area (TPSA) is 82.6 Å². The van der Waals surface area contributed by atoms with E-state index < -0.39 is 15.8 Å². The Hall–Kier alpha value is -2.04. The Bertz CT molecular complexity index is 818. The van der Waals surface area contributed by atoms with Gasteiger partial charge in [-0.25, -0.2) is 22.6 Å². The lowest BCUT2D eigenvalue weighted by Crippen LogP contribution is -2.51. The Kier molecular flexibility index (Phi) is 4.78. The maximum atomic E-state index is 13.3.